The van der Waals surface area contributed by atoms with Crippen LogP contribution in [0.4, 0.5) is 0 Å². The van der Waals surface area contributed by atoms with Gasteiger partial charge >= 0.3 is 5.97 Å². The number of carbonyl (C=O) groups excluding carboxylic acids is 3. The first-order valence-electron chi connectivity index (χ1n) is 13.9. The van der Waals surface area contributed by atoms with Crippen LogP contribution in [-0.2, 0) is 25.6 Å². The lowest BCUT2D eigenvalue weighted by molar-refractivity contribution is -0.142. The SMILES string of the molecule is CCC(C)C(NC(=O)C1CCCN1)C(=O)NC(Cc1c[nH]c2ccccc12)C(=O)NC(CCCCN)C(=O)O. The molecule has 3 rings (SSSR count). The number of unbranched alkanes of at least 4 members (excludes halogenated alkanes) is 1. The van der Waals surface area contributed by atoms with Crippen LogP contribution in [0.2, 0.25) is 0 Å². The molecule has 3 amide bonds. The number of carboxylic acid groups (broad SMARTS) is 1. The maximum atomic E-state index is 13.6. The first kappa shape index (κ1) is 30.1. The molecule has 11 heteroatoms. The van der Waals surface area contributed by atoms with E-state index in [1.54, 1.807) is 6.20 Å². The van der Waals surface area contributed by atoms with Crippen molar-refractivity contribution in [2.45, 2.75) is 83.0 Å². The van der Waals surface area contributed by atoms with Crippen molar-refractivity contribution in [2.24, 2.45) is 11.7 Å². The van der Waals surface area contributed by atoms with Crippen LogP contribution in [0.5, 0.6) is 0 Å². The number of aromatic amines is 1. The largest absolute Gasteiger partial charge is 0.480 e. The highest BCUT2D eigenvalue weighted by atomic mass is 16.4. The normalized spacial score (nSPS) is 18.2. The first-order chi connectivity index (χ1) is 18.7. The lowest BCUT2D eigenvalue weighted by Gasteiger charge is -2.28. The van der Waals surface area contributed by atoms with Crippen LogP contribution in [0.1, 0.15) is 57.9 Å². The number of fused-ring (bicyclic) bond motifs is 1. The molecule has 0 radical (unpaired) electrons. The van der Waals surface area contributed by atoms with Crippen molar-refractivity contribution in [1.82, 2.24) is 26.3 Å². The molecule has 11 nitrogen and oxygen atoms in total. The summed E-state index contributed by atoms with van der Waals surface area (Å²) < 4.78 is 0. The van der Waals surface area contributed by atoms with Gasteiger partial charge in [-0.1, -0.05) is 38.5 Å². The van der Waals surface area contributed by atoms with Crippen molar-refractivity contribution in [2.75, 3.05) is 13.1 Å². The lowest BCUT2D eigenvalue weighted by atomic mass is 9.96. The molecule has 1 aromatic carbocycles. The molecule has 1 saturated heterocycles. The molecule has 5 unspecified atom stereocenters. The summed E-state index contributed by atoms with van der Waals surface area (Å²) >= 11 is 0. The summed E-state index contributed by atoms with van der Waals surface area (Å²) in [5.41, 5.74) is 7.23. The molecule has 2 aromatic rings. The Balaban J connectivity index is 1.82. The van der Waals surface area contributed by atoms with Crippen molar-refractivity contribution < 1.29 is 24.3 Å². The maximum absolute atomic E-state index is 13.6. The number of H-pyrrole nitrogens is 1. The molecule has 214 valence electrons. The average molecular weight is 543 g/mol. The highest BCUT2D eigenvalue weighted by Crippen LogP contribution is 2.20. The number of nitrogens with one attached hydrogen (secondary N) is 5. The summed E-state index contributed by atoms with van der Waals surface area (Å²) in [7, 11) is 0. The number of amides is 3. The van der Waals surface area contributed by atoms with Crippen LogP contribution >= 0.6 is 0 Å². The average Bonchev–Trinajstić information content (AvgIpc) is 3.61. The molecular formula is C28H42N6O5. The van der Waals surface area contributed by atoms with Gasteiger partial charge < -0.3 is 37.1 Å². The number of benzene rings is 1. The van der Waals surface area contributed by atoms with E-state index in [2.05, 4.69) is 26.3 Å². The van der Waals surface area contributed by atoms with Gasteiger partial charge in [0.25, 0.3) is 0 Å². The van der Waals surface area contributed by atoms with Crippen LogP contribution in [0.25, 0.3) is 10.9 Å². The minimum absolute atomic E-state index is 0.141. The Hall–Kier alpha value is -3.44. The molecule has 8 N–H and O–H groups in total. The smallest absolute Gasteiger partial charge is 0.326 e. The van der Waals surface area contributed by atoms with Gasteiger partial charge in [0, 0.05) is 23.5 Å². The maximum Gasteiger partial charge on any atom is 0.326 e. The molecule has 0 bridgehead atoms. The van der Waals surface area contributed by atoms with E-state index in [1.807, 2.05) is 38.1 Å². The molecule has 1 aliphatic heterocycles. The van der Waals surface area contributed by atoms with Crippen molar-refractivity contribution in [3.63, 3.8) is 0 Å². The Bertz CT molecular complexity index is 1130. The molecule has 0 spiro atoms. The van der Waals surface area contributed by atoms with E-state index in [0.717, 1.165) is 29.4 Å². The summed E-state index contributed by atoms with van der Waals surface area (Å²) in [6.45, 7) is 4.99. The highest BCUT2D eigenvalue weighted by Gasteiger charge is 2.33. The number of hydrogen-bond donors (Lipinski definition) is 7. The second-order valence-electron chi connectivity index (χ2n) is 10.3. The summed E-state index contributed by atoms with van der Waals surface area (Å²) in [6.07, 6.45) is 5.57. The van der Waals surface area contributed by atoms with E-state index < -0.39 is 35.9 Å². The van der Waals surface area contributed by atoms with E-state index in [0.29, 0.717) is 32.2 Å². The Morgan fingerprint density at radius 1 is 1.08 bits per heavy atom. The lowest BCUT2D eigenvalue weighted by Crippen LogP contribution is -2.59. The molecule has 0 aliphatic carbocycles. The zero-order chi connectivity index (χ0) is 28.4. The number of carbonyl (C=O) groups is 4. The van der Waals surface area contributed by atoms with Gasteiger partial charge in [0.1, 0.15) is 18.1 Å². The fraction of sp³-hybridized carbons (Fsp3) is 0.571. The van der Waals surface area contributed by atoms with Crippen molar-refractivity contribution >= 4 is 34.6 Å². The van der Waals surface area contributed by atoms with Gasteiger partial charge in [-0.3, -0.25) is 14.4 Å². The fourth-order valence-corrected chi connectivity index (χ4v) is 4.88. The molecule has 39 heavy (non-hydrogen) atoms. The van der Waals surface area contributed by atoms with Crippen LogP contribution in [0, 0.1) is 5.92 Å². The predicted octanol–water partition coefficient (Wildman–Crippen LogP) is 1.18. The van der Waals surface area contributed by atoms with Crippen LogP contribution in [0.3, 0.4) is 0 Å². The van der Waals surface area contributed by atoms with Crippen molar-refractivity contribution in [3.8, 4) is 0 Å². The number of rotatable bonds is 15. The molecule has 5 atom stereocenters. The summed E-state index contributed by atoms with van der Waals surface area (Å²) in [4.78, 5) is 54.9. The Morgan fingerprint density at radius 3 is 2.49 bits per heavy atom. The van der Waals surface area contributed by atoms with Gasteiger partial charge in [0.2, 0.25) is 17.7 Å². The van der Waals surface area contributed by atoms with Gasteiger partial charge in [-0.25, -0.2) is 4.79 Å². The van der Waals surface area contributed by atoms with Gasteiger partial charge in [-0.15, -0.1) is 0 Å². The number of aliphatic carboxylic acids is 1. The quantitative estimate of drug-likeness (QED) is 0.165. The molecule has 1 fully saturated rings. The Labute approximate surface area is 229 Å². The highest BCUT2D eigenvalue weighted by molar-refractivity contribution is 5.95. The summed E-state index contributed by atoms with van der Waals surface area (Å²) in [6, 6.07) is 4.26. The molecular weight excluding hydrogens is 500 g/mol. The first-order valence-corrected chi connectivity index (χ1v) is 13.9. The molecule has 1 aromatic heterocycles. The van der Waals surface area contributed by atoms with Crippen LogP contribution in [0.15, 0.2) is 30.5 Å². The number of aromatic nitrogens is 1. The summed E-state index contributed by atoms with van der Waals surface area (Å²) in [5, 5.41) is 22.0. The van der Waals surface area contributed by atoms with Gasteiger partial charge in [0.15, 0.2) is 0 Å². The standard InChI is InChI=1S/C28H42N6O5/c1-3-17(2)24(34-25(35)21-12-8-14-30-21)27(37)33-23(15-18-16-31-20-10-5-4-9-19(18)20)26(36)32-22(28(38)39)11-6-7-13-29/h4-5,9-10,16-17,21-24,30-31H,3,6-8,11-15,29H2,1-2H3,(H,32,36)(H,33,37)(H,34,35)(H,38,39). The zero-order valence-electron chi connectivity index (χ0n) is 22.8. The zero-order valence-corrected chi connectivity index (χ0v) is 22.8. The number of carboxylic acids is 1. The Morgan fingerprint density at radius 2 is 1.82 bits per heavy atom. The topological polar surface area (TPSA) is 178 Å². The number of para-hydroxylation sites is 1. The van der Waals surface area contributed by atoms with E-state index in [4.69, 9.17) is 5.73 Å². The third kappa shape index (κ3) is 8.27. The fourth-order valence-electron chi connectivity index (χ4n) is 4.88. The minimum atomic E-state index is -1.15. The predicted molar refractivity (Wildman–Crippen MR) is 149 cm³/mol. The third-order valence-corrected chi connectivity index (χ3v) is 7.46. The van der Waals surface area contributed by atoms with E-state index >= 15 is 0 Å². The van der Waals surface area contributed by atoms with Crippen LogP contribution in [-0.4, -0.2) is 71.0 Å². The second-order valence-corrected chi connectivity index (χ2v) is 10.3. The molecule has 0 saturated carbocycles. The van der Waals surface area contributed by atoms with Crippen LogP contribution < -0.4 is 27.0 Å². The molecule has 1 aliphatic rings. The van der Waals surface area contributed by atoms with Gasteiger partial charge in [-0.2, -0.15) is 0 Å². The van der Waals surface area contributed by atoms with Gasteiger partial charge in [0.05, 0.1) is 6.04 Å². The van der Waals surface area contributed by atoms with E-state index in [-0.39, 0.29) is 30.7 Å². The summed E-state index contributed by atoms with van der Waals surface area (Å²) in [5.74, 6) is -2.65. The monoisotopic (exact) mass is 542 g/mol. The minimum Gasteiger partial charge on any atom is -0.480 e. The molecule has 2 heterocycles. The van der Waals surface area contributed by atoms with Crippen molar-refractivity contribution in [3.05, 3.63) is 36.0 Å². The van der Waals surface area contributed by atoms with Gasteiger partial charge in [-0.05, 0) is 62.7 Å². The number of nitrogens with two attached hydrogens (primary N) is 1. The third-order valence-electron chi connectivity index (χ3n) is 7.46. The van der Waals surface area contributed by atoms with Crippen molar-refractivity contribution in [1.29, 1.82) is 0 Å². The number of hydrogen-bond acceptors (Lipinski definition) is 6. The Kier molecular flexibility index (Phi) is 11.3. The van der Waals surface area contributed by atoms with E-state index in [1.165, 1.54) is 0 Å². The van der Waals surface area contributed by atoms with E-state index in [9.17, 15) is 24.3 Å². The second kappa shape index (κ2) is 14.6.